The highest BCUT2D eigenvalue weighted by Crippen LogP contribution is 2.23. The zero-order valence-corrected chi connectivity index (χ0v) is 9.89. The lowest BCUT2D eigenvalue weighted by Crippen LogP contribution is -2.19. The topological polar surface area (TPSA) is 3.24 Å². The van der Waals surface area contributed by atoms with E-state index in [1.807, 2.05) is 6.08 Å². The Kier molecular flexibility index (Phi) is 4.82. The first-order valence-corrected chi connectivity index (χ1v) is 4.95. The van der Waals surface area contributed by atoms with Gasteiger partial charge in [0.05, 0.1) is 0 Å². The van der Waals surface area contributed by atoms with E-state index < -0.39 is 0 Å². The Hall–Kier alpha value is -0.720. The molecule has 1 nitrogen and oxygen atoms in total. The Balaban J connectivity index is 5.13. The van der Waals surface area contributed by atoms with E-state index in [1.165, 1.54) is 11.3 Å². The molecule has 0 rings (SSSR count). The van der Waals surface area contributed by atoms with Gasteiger partial charge < -0.3 is 4.90 Å². The molecule has 0 aliphatic carbocycles. The summed E-state index contributed by atoms with van der Waals surface area (Å²) in [7, 11) is 4.20. The molecule has 13 heavy (non-hydrogen) atoms. The maximum Gasteiger partial charge on any atom is 0.0188 e. The van der Waals surface area contributed by atoms with Crippen molar-refractivity contribution in [3.63, 3.8) is 0 Å². The highest BCUT2D eigenvalue weighted by molar-refractivity contribution is 5.26. The van der Waals surface area contributed by atoms with E-state index in [0.717, 1.165) is 0 Å². The van der Waals surface area contributed by atoms with Crippen molar-refractivity contribution in [2.45, 2.75) is 27.7 Å². The van der Waals surface area contributed by atoms with Crippen molar-refractivity contribution in [3.05, 3.63) is 23.9 Å². The molecule has 0 saturated carbocycles. The maximum atomic E-state index is 3.88. The third kappa shape index (κ3) is 3.25. The van der Waals surface area contributed by atoms with E-state index in [0.29, 0.717) is 11.8 Å². The van der Waals surface area contributed by atoms with Crippen molar-refractivity contribution in [1.82, 2.24) is 4.90 Å². The molecule has 0 spiro atoms. The first-order chi connectivity index (χ1) is 5.91. The fraction of sp³-hybridized carbons (Fsp3) is 0.667. The third-order valence-corrected chi connectivity index (χ3v) is 2.17. The standard InChI is InChI=1S/C12H23N/c1-8-11(9(2)3)12(10(4)5)13(6)7/h8-10H,1H2,2-7H3/b12-11+. The van der Waals surface area contributed by atoms with Crippen LogP contribution in [0.25, 0.3) is 0 Å². The summed E-state index contributed by atoms with van der Waals surface area (Å²) in [6, 6.07) is 0. The second kappa shape index (κ2) is 5.11. The molecule has 0 N–H and O–H groups in total. The van der Waals surface area contributed by atoms with Crippen molar-refractivity contribution >= 4 is 0 Å². The van der Waals surface area contributed by atoms with Crippen LogP contribution < -0.4 is 0 Å². The van der Waals surface area contributed by atoms with Gasteiger partial charge in [0.25, 0.3) is 0 Å². The number of hydrogen-bond donors (Lipinski definition) is 0. The zero-order chi connectivity index (χ0) is 10.6. The predicted octanol–water partition coefficient (Wildman–Crippen LogP) is 3.30. The molecule has 0 aliphatic heterocycles. The van der Waals surface area contributed by atoms with Crippen LogP contribution in [0.3, 0.4) is 0 Å². The second-order valence-corrected chi connectivity index (χ2v) is 4.25. The SMILES string of the molecule is C=C/C(=C(/C(C)C)N(C)C)C(C)C. The van der Waals surface area contributed by atoms with E-state index >= 15 is 0 Å². The number of allylic oxidation sites excluding steroid dienone is 3. The number of hydrogen-bond acceptors (Lipinski definition) is 1. The normalized spacial score (nSPS) is 13.2. The van der Waals surface area contributed by atoms with Gasteiger partial charge in [-0.05, 0) is 17.4 Å². The summed E-state index contributed by atoms with van der Waals surface area (Å²) in [6.45, 7) is 12.8. The summed E-state index contributed by atoms with van der Waals surface area (Å²) in [5.41, 5.74) is 2.75. The quantitative estimate of drug-likeness (QED) is 0.601. The van der Waals surface area contributed by atoms with Crippen molar-refractivity contribution in [2.24, 2.45) is 11.8 Å². The molecule has 0 aromatic heterocycles. The molecule has 0 aliphatic rings. The highest BCUT2D eigenvalue weighted by Gasteiger charge is 2.12. The average Bonchev–Trinajstić information content (AvgIpc) is 1.97. The minimum atomic E-state index is 0.553. The van der Waals surface area contributed by atoms with Gasteiger partial charge in [0.1, 0.15) is 0 Å². The predicted molar refractivity (Wildman–Crippen MR) is 60.6 cm³/mol. The molecular formula is C12H23N. The van der Waals surface area contributed by atoms with E-state index in [2.05, 4.69) is 53.3 Å². The molecule has 1 heteroatoms. The summed E-state index contributed by atoms with van der Waals surface area (Å²) in [6.07, 6.45) is 1.99. The smallest absolute Gasteiger partial charge is 0.0188 e. The number of nitrogens with zero attached hydrogens (tertiary/aromatic N) is 1. The van der Waals surface area contributed by atoms with E-state index in [9.17, 15) is 0 Å². The molecule has 0 aromatic carbocycles. The fourth-order valence-electron chi connectivity index (χ4n) is 1.74. The molecule has 0 radical (unpaired) electrons. The molecule has 0 aromatic rings. The second-order valence-electron chi connectivity index (χ2n) is 4.25. The first kappa shape index (κ1) is 12.3. The fourth-order valence-corrected chi connectivity index (χ4v) is 1.74. The molecule has 0 amide bonds. The van der Waals surface area contributed by atoms with Crippen LogP contribution in [-0.2, 0) is 0 Å². The first-order valence-electron chi connectivity index (χ1n) is 4.95. The van der Waals surface area contributed by atoms with Crippen molar-refractivity contribution in [1.29, 1.82) is 0 Å². The highest BCUT2D eigenvalue weighted by atomic mass is 15.1. The molecule has 0 atom stereocenters. The lowest BCUT2D eigenvalue weighted by Gasteiger charge is -2.25. The summed E-state index contributed by atoms with van der Waals surface area (Å²) in [5.74, 6) is 1.11. The lowest BCUT2D eigenvalue weighted by molar-refractivity contribution is 0.433. The van der Waals surface area contributed by atoms with Crippen molar-refractivity contribution in [2.75, 3.05) is 14.1 Å². The molecule has 0 saturated heterocycles. The minimum Gasteiger partial charge on any atom is -0.381 e. The van der Waals surface area contributed by atoms with Gasteiger partial charge in [-0.3, -0.25) is 0 Å². The van der Waals surface area contributed by atoms with Crippen molar-refractivity contribution < 1.29 is 0 Å². The summed E-state index contributed by atoms with van der Waals surface area (Å²) < 4.78 is 0. The maximum absolute atomic E-state index is 3.88. The summed E-state index contributed by atoms with van der Waals surface area (Å²) in [5, 5.41) is 0. The van der Waals surface area contributed by atoms with Gasteiger partial charge in [-0.2, -0.15) is 0 Å². The van der Waals surface area contributed by atoms with Gasteiger partial charge in [-0.1, -0.05) is 40.3 Å². The van der Waals surface area contributed by atoms with Gasteiger partial charge in [0.15, 0.2) is 0 Å². The van der Waals surface area contributed by atoms with Crippen LogP contribution in [0, 0.1) is 11.8 Å². The van der Waals surface area contributed by atoms with Gasteiger partial charge in [-0.15, -0.1) is 0 Å². The van der Waals surface area contributed by atoms with Crippen molar-refractivity contribution in [3.8, 4) is 0 Å². The Labute approximate surface area is 83.1 Å². The summed E-state index contributed by atoms with van der Waals surface area (Å²) >= 11 is 0. The molecule has 0 unspecified atom stereocenters. The lowest BCUT2D eigenvalue weighted by atomic mass is 9.95. The molecule has 0 fully saturated rings. The van der Waals surface area contributed by atoms with E-state index in [4.69, 9.17) is 0 Å². The average molecular weight is 181 g/mol. The Morgan fingerprint density at radius 2 is 1.54 bits per heavy atom. The van der Waals surface area contributed by atoms with Gasteiger partial charge in [0, 0.05) is 19.8 Å². The third-order valence-electron chi connectivity index (χ3n) is 2.17. The van der Waals surface area contributed by atoms with E-state index in [1.54, 1.807) is 0 Å². The Morgan fingerprint density at radius 1 is 1.08 bits per heavy atom. The largest absolute Gasteiger partial charge is 0.381 e. The van der Waals surface area contributed by atoms with Crippen LogP contribution in [-0.4, -0.2) is 19.0 Å². The van der Waals surface area contributed by atoms with Crippen LogP contribution in [0.5, 0.6) is 0 Å². The van der Waals surface area contributed by atoms with E-state index in [-0.39, 0.29) is 0 Å². The minimum absolute atomic E-state index is 0.553. The Morgan fingerprint density at radius 3 is 1.62 bits per heavy atom. The van der Waals surface area contributed by atoms with Crippen LogP contribution in [0.1, 0.15) is 27.7 Å². The number of rotatable bonds is 4. The van der Waals surface area contributed by atoms with Crippen LogP contribution >= 0.6 is 0 Å². The van der Waals surface area contributed by atoms with Gasteiger partial charge in [-0.25, -0.2) is 0 Å². The van der Waals surface area contributed by atoms with Crippen LogP contribution in [0.15, 0.2) is 23.9 Å². The monoisotopic (exact) mass is 181 g/mol. The molecule has 76 valence electrons. The van der Waals surface area contributed by atoms with Gasteiger partial charge in [0.2, 0.25) is 0 Å². The van der Waals surface area contributed by atoms with Crippen LogP contribution in [0.4, 0.5) is 0 Å². The van der Waals surface area contributed by atoms with Crippen LogP contribution in [0.2, 0.25) is 0 Å². The molecular weight excluding hydrogens is 158 g/mol. The zero-order valence-electron chi connectivity index (χ0n) is 9.89. The molecule has 0 heterocycles. The summed E-state index contributed by atoms with van der Waals surface area (Å²) in [4.78, 5) is 2.20. The van der Waals surface area contributed by atoms with Gasteiger partial charge >= 0.3 is 0 Å². The molecule has 0 bridgehead atoms. The Bertz CT molecular complexity index is 187.